The first kappa shape index (κ1) is 14.3. The van der Waals surface area contributed by atoms with E-state index in [1.807, 2.05) is 43.6 Å². The molecule has 2 nitrogen and oxygen atoms in total. The molecule has 1 aromatic heterocycles. The van der Waals surface area contributed by atoms with Crippen LogP contribution in [0.3, 0.4) is 0 Å². The second kappa shape index (κ2) is 6.35. The quantitative estimate of drug-likeness (QED) is 0.825. The first-order valence-corrected chi connectivity index (χ1v) is 7.75. The van der Waals surface area contributed by atoms with Crippen molar-refractivity contribution in [3.8, 4) is 0 Å². The highest BCUT2D eigenvalue weighted by molar-refractivity contribution is 9.10. The number of hydrogen-bond donors (Lipinski definition) is 0. The lowest BCUT2D eigenvalue weighted by atomic mass is 10.1. The van der Waals surface area contributed by atoms with Crippen molar-refractivity contribution in [1.29, 1.82) is 0 Å². The third-order valence-electron chi connectivity index (χ3n) is 3.04. The minimum Gasteiger partial charge on any atom is -0.340 e. The predicted octanol–water partition coefficient (Wildman–Crippen LogP) is 4.02. The van der Waals surface area contributed by atoms with Crippen molar-refractivity contribution < 1.29 is 4.79 Å². The van der Waals surface area contributed by atoms with E-state index in [1.54, 1.807) is 16.2 Å². The fraction of sp³-hybridized carbons (Fsp3) is 0.267. The molecule has 0 aliphatic carbocycles. The van der Waals surface area contributed by atoms with Crippen molar-refractivity contribution in [3.63, 3.8) is 0 Å². The molecule has 0 aliphatic rings. The molecule has 0 saturated heterocycles. The van der Waals surface area contributed by atoms with E-state index in [0.717, 1.165) is 10.0 Å². The molecular formula is C15H16BrNOS. The first-order chi connectivity index (χ1) is 9.06. The summed E-state index contributed by atoms with van der Waals surface area (Å²) in [5.41, 5.74) is 2.27. The zero-order valence-corrected chi connectivity index (χ0v) is 13.4. The van der Waals surface area contributed by atoms with Crippen LogP contribution in [0.25, 0.3) is 0 Å². The Morgan fingerprint density at radius 2 is 2.11 bits per heavy atom. The van der Waals surface area contributed by atoms with Crippen LogP contribution in [0.2, 0.25) is 0 Å². The normalized spacial score (nSPS) is 10.5. The Labute approximate surface area is 126 Å². The molecule has 19 heavy (non-hydrogen) atoms. The highest BCUT2D eigenvalue weighted by Gasteiger charge is 2.12. The number of carbonyl (C=O) groups is 1. The van der Waals surface area contributed by atoms with Gasteiger partial charge in [0.2, 0.25) is 5.91 Å². The predicted molar refractivity (Wildman–Crippen MR) is 83.4 cm³/mol. The zero-order valence-electron chi connectivity index (χ0n) is 11.0. The van der Waals surface area contributed by atoms with Gasteiger partial charge in [0.15, 0.2) is 0 Å². The minimum absolute atomic E-state index is 0.152. The molecule has 0 saturated carbocycles. The fourth-order valence-corrected chi connectivity index (χ4v) is 3.37. The number of carbonyl (C=O) groups excluding carboxylic acids is 1. The lowest BCUT2D eigenvalue weighted by Gasteiger charge is -2.17. The van der Waals surface area contributed by atoms with Crippen LogP contribution in [0.1, 0.15) is 16.0 Å². The summed E-state index contributed by atoms with van der Waals surface area (Å²) in [4.78, 5) is 15.2. The van der Waals surface area contributed by atoms with E-state index in [-0.39, 0.29) is 5.91 Å². The second-order valence-electron chi connectivity index (χ2n) is 4.58. The van der Waals surface area contributed by atoms with Crippen molar-refractivity contribution >= 4 is 33.2 Å². The zero-order chi connectivity index (χ0) is 13.8. The molecule has 0 atom stereocenters. The van der Waals surface area contributed by atoms with Crippen LogP contribution in [0.15, 0.2) is 40.2 Å². The molecule has 0 radical (unpaired) electrons. The van der Waals surface area contributed by atoms with E-state index < -0.39 is 0 Å². The lowest BCUT2D eigenvalue weighted by molar-refractivity contribution is -0.129. The van der Waals surface area contributed by atoms with Gasteiger partial charge in [-0.1, -0.05) is 24.3 Å². The van der Waals surface area contributed by atoms with E-state index >= 15 is 0 Å². The number of likely N-dealkylation sites (N-methyl/N-ethyl adjacent to an activating group) is 1. The second-order valence-corrected chi connectivity index (χ2v) is 6.50. The van der Waals surface area contributed by atoms with E-state index in [0.29, 0.717) is 13.0 Å². The van der Waals surface area contributed by atoms with E-state index in [4.69, 9.17) is 0 Å². The number of rotatable bonds is 4. The number of thiophene rings is 1. The van der Waals surface area contributed by atoms with E-state index in [2.05, 4.69) is 22.0 Å². The molecule has 0 spiro atoms. The molecule has 0 bridgehead atoms. The summed E-state index contributed by atoms with van der Waals surface area (Å²) in [6.07, 6.45) is 0.468. The molecule has 1 amide bonds. The topological polar surface area (TPSA) is 20.3 Å². The Kier molecular flexibility index (Phi) is 4.77. The molecule has 100 valence electrons. The maximum atomic E-state index is 12.2. The molecule has 2 rings (SSSR count). The number of hydrogen-bond acceptors (Lipinski definition) is 2. The molecule has 0 fully saturated rings. The molecule has 4 heteroatoms. The van der Waals surface area contributed by atoms with Crippen LogP contribution in [-0.2, 0) is 17.8 Å². The number of nitrogens with zero attached hydrogens (tertiary/aromatic N) is 1. The van der Waals surface area contributed by atoms with Crippen LogP contribution in [0.5, 0.6) is 0 Å². The molecule has 1 heterocycles. The van der Waals surface area contributed by atoms with Gasteiger partial charge < -0.3 is 4.90 Å². The van der Waals surface area contributed by atoms with Gasteiger partial charge in [-0.25, -0.2) is 0 Å². The van der Waals surface area contributed by atoms with Gasteiger partial charge in [-0.3, -0.25) is 4.79 Å². The van der Waals surface area contributed by atoms with Crippen LogP contribution in [0, 0.1) is 6.92 Å². The van der Waals surface area contributed by atoms with Crippen molar-refractivity contribution in [3.05, 3.63) is 56.2 Å². The molecular weight excluding hydrogens is 322 g/mol. The monoisotopic (exact) mass is 337 g/mol. The van der Waals surface area contributed by atoms with Gasteiger partial charge in [-0.2, -0.15) is 0 Å². The van der Waals surface area contributed by atoms with Crippen molar-refractivity contribution in [2.45, 2.75) is 19.9 Å². The van der Waals surface area contributed by atoms with Crippen LogP contribution in [-0.4, -0.2) is 17.9 Å². The molecule has 2 aromatic rings. The van der Waals surface area contributed by atoms with Crippen molar-refractivity contribution in [2.75, 3.05) is 7.05 Å². The Morgan fingerprint density at radius 1 is 1.37 bits per heavy atom. The van der Waals surface area contributed by atoms with Gasteiger partial charge in [0.1, 0.15) is 0 Å². The average molecular weight is 338 g/mol. The summed E-state index contributed by atoms with van der Waals surface area (Å²) in [6, 6.07) is 10.1. The van der Waals surface area contributed by atoms with E-state index in [9.17, 15) is 4.79 Å². The van der Waals surface area contributed by atoms with Gasteiger partial charge >= 0.3 is 0 Å². The van der Waals surface area contributed by atoms with Crippen LogP contribution >= 0.6 is 27.3 Å². The largest absolute Gasteiger partial charge is 0.340 e. The van der Waals surface area contributed by atoms with Gasteiger partial charge in [0.25, 0.3) is 0 Å². The SMILES string of the molecule is Cc1ccccc1CC(=O)N(C)Cc1cc(Br)cs1. The van der Waals surface area contributed by atoms with Crippen LogP contribution < -0.4 is 0 Å². The lowest BCUT2D eigenvalue weighted by Crippen LogP contribution is -2.27. The summed E-state index contributed by atoms with van der Waals surface area (Å²) in [5.74, 6) is 0.152. The minimum atomic E-state index is 0.152. The standard InChI is InChI=1S/C15H16BrNOS/c1-11-5-3-4-6-12(11)7-15(18)17(2)9-14-8-13(16)10-19-14/h3-6,8,10H,7,9H2,1-2H3. The number of amides is 1. The van der Waals surface area contributed by atoms with Gasteiger partial charge in [-0.15, -0.1) is 11.3 Å². The molecule has 0 N–H and O–H groups in total. The molecule has 0 unspecified atom stereocenters. The van der Waals surface area contributed by atoms with Crippen molar-refractivity contribution in [1.82, 2.24) is 4.90 Å². The maximum absolute atomic E-state index is 12.2. The first-order valence-electron chi connectivity index (χ1n) is 6.07. The summed E-state index contributed by atoms with van der Waals surface area (Å²) in [6.45, 7) is 2.71. The fourth-order valence-electron chi connectivity index (χ4n) is 1.86. The summed E-state index contributed by atoms with van der Waals surface area (Å²) in [7, 11) is 1.86. The Bertz CT molecular complexity index is 579. The number of benzene rings is 1. The van der Waals surface area contributed by atoms with Gasteiger partial charge in [0, 0.05) is 21.8 Å². The third-order valence-corrected chi connectivity index (χ3v) is 4.73. The van der Waals surface area contributed by atoms with E-state index in [1.165, 1.54) is 10.4 Å². The highest BCUT2D eigenvalue weighted by Crippen LogP contribution is 2.21. The highest BCUT2D eigenvalue weighted by atomic mass is 79.9. The third kappa shape index (κ3) is 3.91. The Balaban J connectivity index is 1.98. The summed E-state index contributed by atoms with van der Waals surface area (Å²) in [5, 5.41) is 2.04. The average Bonchev–Trinajstić information content (AvgIpc) is 2.77. The number of aryl methyl sites for hydroxylation is 1. The summed E-state index contributed by atoms with van der Waals surface area (Å²) >= 11 is 5.09. The number of halogens is 1. The Morgan fingerprint density at radius 3 is 2.74 bits per heavy atom. The van der Waals surface area contributed by atoms with Crippen LogP contribution in [0.4, 0.5) is 0 Å². The van der Waals surface area contributed by atoms with Gasteiger partial charge in [0.05, 0.1) is 13.0 Å². The molecule has 0 aliphatic heterocycles. The van der Waals surface area contributed by atoms with Gasteiger partial charge in [-0.05, 0) is 40.0 Å². The smallest absolute Gasteiger partial charge is 0.227 e. The van der Waals surface area contributed by atoms with Crippen molar-refractivity contribution in [2.24, 2.45) is 0 Å². The molecule has 1 aromatic carbocycles. The summed E-state index contributed by atoms with van der Waals surface area (Å²) < 4.78 is 1.08. The maximum Gasteiger partial charge on any atom is 0.227 e. The Hall–Kier alpha value is -1.13.